The van der Waals surface area contributed by atoms with Gasteiger partial charge in [0.15, 0.2) is 6.23 Å². The third-order valence-electron chi connectivity index (χ3n) is 6.05. The summed E-state index contributed by atoms with van der Waals surface area (Å²) in [5.74, 6) is 0. The summed E-state index contributed by atoms with van der Waals surface area (Å²) in [4.78, 5) is 10.6. The first-order valence-corrected chi connectivity index (χ1v) is 11.8. The average molecular weight is 454 g/mol. The Morgan fingerprint density at radius 2 is 1.75 bits per heavy atom. The predicted octanol–water partition coefficient (Wildman–Crippen LogP) is 4.84. The molecule has 0 bridgehead atoms. The third-order valence-corrected chi connectivity index (χ3v) is 6.31. The summed E-state index contributed by atoms with van der Waals surface area (Å²) in [6.07, 6.45) is 6.54. The molecule has 1 aliphatic carbocycles. The van der Waals surface area contributed by atoms with Gasteiger partial charge < -0.3 is 10.0 Å². The smallest absolute Gasteiger partial charge is 0.164 e. The maximum atomic E-state index is 10.4. The first-order chi connectivity index (χ1) is 15.6. The lowest BCUT2D eigenvalue weighted by Gasteiger charge is -2.40. The van der Waals surface area contributed by atoms with Crippen LogP contribution in [0.2, 0.25) is 5.02 Å². The van der Waals surface area contributed by atoms with Crippen molar-refractivity contribution in [3.63, 3.8) is 0 Å². The number of halogens is 1. The van der Waals surface area contributed by atoms with E-state index in [0.29, 0.717) is 0 Å². The topological polar surface area (TPSA) is 48.0 Å². The van der Waals surface area contributed by atoms with Crippen LogP contribution in [0.3, 0.4) is 0 Å². The lowest BCUT2D eigenvalue weighted by atomic mass is 9.97. The van der Waals surface area contributed by atoms with Crippen LogP contribution in [0.4, 0.5) is 5.69 Å². The highest BCUT2D eigenvalue weighted by Crippen LogP contribution is 2.25. The fourth-order valence-electron chi connectivity index (χ4n) is 4.30. The molecular formula is C26H32ClN3O2. The maximum absolute atomic E-state index is 10.4. The highest BCUT2D eigenvalue weighted by Gasteiger charge is 2.29. The number of allylic oxidation sites excluding steroid dienone is 2. The van der Waals surface area contributed by atoms with Crippen LogP contribution in [0.15, 0.2) is 71.9 Å². The van der Waals surface area contributed by atoms with Crippen LogP contribution < -0.4 is 10.4 Å². The minimum absolute atomic E-state index is 0.414. The second-order valence-electron chi connectivity index (χ2n) is 8.44. The number of hydrogen-bond acceptors (Lipinski definition) is 5. The molecule has 4 rings (SSSR count). The molecule has 0 unspecified atom stereocenters. The number of benzene rings is 2. The van der Waals surface area contributed by atoms with Gasteiger partial charge in [-0.05, 0) is 67.7 Å². The number of rotatable bonds is 7. The van der Waals surface area contributed by atoms with Crippen LogP contribution in [-0.4, -0.2) is 48.5 Å². The first kappa shape index (κ1) is 22.9. The van der Waals surface area contributed by atoms with Crippen molar-refractivity contribution in [1.82, 2.24) is 10.4 Å². The number of hydrogen-bond donors (Lipinski definition) is 2. The van der Waals surface area contributed by atoms with E-state index in [1.165, 1.54) is 16.8 Å². The van der Waals surface area contributed by atoms with E-state index in [0.717, 1.165) is 56.2 Å². The summed E-state index contributed by atoms with van der Waals surface area (Å²) < 4.78 is 0. The highest BCUT2D eigenvalue weighted by atomic mass is 35.5. The third kappa shape index (κ3) is 5.93. The molecule has 1 fully saturated rings. The van der Waals surface area contributed by atoms with Gasteiger partial charge in [0.1, 0.15) is 0 Å². The van der Waals surface area contributed by atoms with E-state index in [-0.39, 0.29) is 0 Å². The van der Waals surface area contributed by atoms with Gasteiger partial charge in [-0.3, -0.25) is 15.2 Å². The van der Waals surface area contributed by atoms with E-state index in [4.69, 9.17) is 16.4 Å². The standard InChI is InChI=1S/C26H32ClN3O2/c1-20(31)26(30-17-15-29(16-18-30)24-13-11-23(27)12-14-24)32-28-25-10-6-5-9-22(25)19-21-7-3-2-4-8-21/h2-4,7-8,10-14,19-20,26,28,31H,5-6,9,15-18H2,1H3/t20-,26+/m1/s1. The second kappa shape index (κ2) is 11.0. The van der Waals surface area contributed by atoms with Crippen molar-refractivity contribution < 1.29 is 9.94 Å². The lowest BCUT2D eigenvalue weighted by Crippen LogP contribution is -2.55. The van der Waals surface area contributed by atoms with Crippen LogP contribution in [-0.2, 0) is 4.84 Å². The molecule has 2 N–H and O–H groups in total. The van der Waals surface area contributed by atoms with Crippen molar-refractivity contribution in [2.45, 2.75) is 38.5 Å². The zero-order valence-electron chi connectivity index (χ0n) is 18.6. The van der Waals surface area contributed by atoms with Crippen LogP contribution in [0.5, 0.6) is 0 Å². The predicted molar refractivity (Wildman–Crippen MR) is 131 cm³/mol. The van der Waals surface area contributed by atoms with E-state index < -0.39 is 12.3 Å². The van der Waals surface area contributed by atoms with Crippen molar-refractivity contribution in [3.05, 3.63) is 82.5 Å². The average Bonchev–Trinajstić information content (AvgIpc) is 2.82. The molecule has 2 aromatic carbocycles. The van der Waals surface area contributed by atoms with Gasteiger partial charge in [-0.1, -0.05) is 48.0 Å². The molecule has 32 heavy (non-hydrogen) atoms. The quantitative estimate of drug-likeness (QED) is 0.587. The van der Waals surface area contributed by atoms with Gasteiger partial charge in [-0.15, -0.1) is 0 Å². The molecule has 2 aliphatic rings. The number of aliphatic hydroxyl groups excluding tert-OH is 1. The van der Waals surface area contributed by atoms with Gasteiger partial charge in [-0.25, -0.2) is 0 Å². The molecule has 2 atom stereocenters. The Hall–Kier alpha value is -2.31. The van der Waals surface area contributed by atoms with E-state index >= 15 is 0 Å². The van der Waals surface area contributed by atoms with Crippen molar-refractivity contribution in [2.24, 2.45) is 0 Å². The van der Waals surface area contributed by atoms with E-state index in [1.807, 2.05) is 18.2 Å². The Labute approximate surface area is 195 Å². The fraction of sp³-hybridized carbons (Fsp3) is 0.385. The van der Waals surface area contributed by atoms with Crippen LogP contribution in [0.25, 0.3) is 6.08 Å². The van der Waals surface area contributed by atoms with Crippen LogP contribution in [0, 0.1) is 0 Å². The van der Waals surface area contributed by atoms with E-state index in [1.54, 1.807) is 6.92 Å². The molecule has 5 nitrogen and oxygen atoms in total. The zero-order chi connectivity index (χ0) is 22.3. The molecule has 1 heterocycles. The summed E-state index contributed by atoms with van der Waals surface area (Å²) in [6.45, 7) is 5.15. The zero-order valence-corrected chi connectivity index (χ0v) is 19.3. The Bertz CT molecular complexity index is 920. The monoisotopic (exact) mass is 453 g/mol. The Kier molecular flexibility index (Phi) is 7.87. The Morgan fingerprint density at radius 3 is 2.44 bits per heavy atom. The van der Waals surface area contributed by atoms with Gasteiger partial charge >= 0.3 is 0 Å². The number of nitrogens with one attached hydrogen (secondary N) is 1. The number of nitrogens with zero attached hydrogens (tertiary/aromatic N) is 2. The van der Waals surface area contributed by atoms with Crippen LogP contribution >= 0.6 is 11.6 Å². The normalized spacial score (nSPS) is 20.7. The molecule has 0 aromatic heterocycles. The summed E-state index contributed by atoms with van der Waals surface area (Å²) >= 11 is 6.02. The first-order valence-electron chi connectivity index (χ1n) is 11.4. The molecule has 0 spiro atoms. The summed E-state index contributed by atoms with van der Waals surface area (Å²) in [6, 6.07) is 18.3. The minimum Gasteiger partial charge on any atom is -0.389 e. The molecular weight excluding hydrogens is 422 g/mol. The SMILES string of the molecule is C[C@@H](O)[C@H](ONC1=CCCCC1=Cc1ccccc1)N1CCN(c2ccc(Cl)cc2)CC1. The van der Waals surface area contributed by atoms with Gasteiger partial charge in [0, 0.05) is 36.9 Å². The number of anilines is 1. The van der Waals surface area contributed by atoms with Gasteiger partial charge in [0.05, 0.1) is 11.8 Å². The largest absolute Gasteiger partial charge is 0.389 e. The summed E-state index contributed by atoms with van der Waals surface area (Å²) in [7, 11) is 0. The van der Waals surface area contributed by atoms with Gasteiger partial charge in [0.2, 0.25) is 0 Å². The molecule has 1 saturated heterocycles. The molecule has 1 aliphatic heterocycles. The number of hydroxylamine groups is 1. The van der Waals surface area contributed by atoms with Gasteiger partial charge in [0.25, 0.3) is 0 Å². The lowest BCUT2D eigenvalue weighted by molar-refractivity contribution is -0.150. The van der Waals surface area contributed by atoms with Gasteiger partial charge in [-0.2, -0.15) is 0 Å². The molecule has 6 heteroatoms. The summed E-state index contributed by atoms with van der Waals surface area (Å²) in [5.41, 5.74) is 7.78. The number of aliphatic hydroxyl groups is 1. The molecule has 0 radical (unpaired) electrons. The highest BCUT2D eigenvalue weighted by molar-refractivity contribution is 6.30. The van der Waals surface area contributed by atoms with Crippen molar-refractivity contribution >= 4 is 23.4 Å². The number of piperazine rings is 1. The molecule has 2 aromatic rings. The minimum atomic E-state index is -0.615. The maximum Gasteiger partial charge on any atom is 0.164 e. The Morgan fingerprint density at radius 1 is 1.03 bits per heavy atom. The second-order valence-corrected chi connectivity index (χ2v) is 8.88. The van der Waals surface area contributed by atoms with Crippen molar-refractivity contribution in [3.8, 4) is 0 Å². The van der Waals surface area contributed by atoms with Crippen LogP contribution in [0.1, 0.15) is 31.7 Å². The molecule has 170 valence electrons. The molecule has 0 saturated carbocycles. The molecule has 0 amide bonds. The summed E-state index contributed by atoms with van der Waals surface area (Å²) in [5, 5.41) is 11.2. The fourth-order valence-corrected chi connectivity index (χ4v) is 4.43. The van der Waals surface area contributed by atoms with E-state index in [2.05, 4.69) is 63.8 Å². The van der Waals surface area contributed by atoms with E-state index in [9.17, 15) is 5.11 Å². The van der Waals surface area contributed by atoms with Crippen molar-refractivity contribution in [2.75, 3.05) is 31.1 Å². The Balaban J connectivity index is 1.37. The van der Waals surface area contributed by atoms with Crippen molar-refractivity contribution in [1.29, 1.82) is 0 Å².